The van der Waals surface area contributed by atoms with Gasteiger partial charge in [-0.15, -0.1) is 0 Å². The van der Waals surface area contributed by atoms with Gasteiger partial charge in [-0.1, -0.05) is 25.4 Å². The Balaban J connectivity index is 2.16. The number of nitrogens with zero attached hydrogens (tertiary/aromatic N) is 2. The summed E-state index contributed by atoms with van der Waals surface area (Å²) < 4.78 is 5.41. The number of carbonyl (C=O) groups is 1. The molecular formula is C13H18ClN3O2. The molecule has 0 bridgehead atoms. The second-order valence-corrected chi connectivity index (χ2v) is 5.43. The lowest BCUT2D eigenvalue weighted by molar-refractivity contribution is 0.0861. The summed E-state index contributed by atoms with van der Waals surface area (Å²) >= 11 is 6.00. The number of halogens is 1. The van der Waals surface area contributed by atoms with E-state index in [1.807, 2.05) is 20.8 Å². The monoisotopic (exact) mass is 283 g/mol. The summed E-state index contributed by atoms with van der Waals surface area (Å²) in [4.78, 5) is 20.6. The van der Waals surface area contributed by atoms with Gasteiger partial charge in [0.05, 0.1) is 23.4 Å². The van der Waals surface area contributed by atoms with Crippen LogP contribution >= 0.6 is 11.6 Å². The molecule has 2 atom stereocenters. The summed E-state index contributed by atoms with van der Waals surface area (Å²) in [6.07, 6.45) is 2.31. The van der Waals surface area contributed by atoms with E-state index in [-0.39, 0.29) is 34.7 Å². The predicted octanol–water partition coefficient (Wildman–Crippen LogP) is 2.16. The molecule has 0 aromatic carbocycles. The predicted molar refractivity (Wildman–Crippen MR) is 72.4 cm³/mol. The van der Waals surface area contributed by atoms with E-state index in [1.165, 1.54) is 6.20 Å². The largest absolute Gasteiger partial charge is 0.376 e. The lowest BCUT2D eigenvalue weighted by Gasteiger charge is -2.16. The van der Waals surface area contributed by atoms with Crippen molar-refractivity contribution in [3.8, 4) is 0 Å². The second-order valence-electron chi connectivity index (χ2n) is 5.02. The normalized spacial score (nSPS) is 22.8. The first kappa shape index (κ1) is 14.2. The maximum Gasteiger partial charge on any atom is 0.271 e. The second kappa shape index (κ2) is 5.84. The first-order chi connectivity index (χ1) is 8.99. The number of aromatic nitrogens is 2. The van der Waals surface area contributed by atoms with E-state index in [0.717, 1.165) is 6.42 Å². The fraction of sp³-hybridized carbons (Fsp3) is 0.615. The highest BCUT2D eigenvalue weighted by Crippen LogP contribution is 2.18. The van der Waals surface area contributed by atoms with Crippen LogP contribution in [0.5, 0.6) is 0 Å². The Morgan fingerprint density at radius 1 is 1.58 bits per heavy atom. The molecular weight excluding hydrogens is 266 g/mol. The highest BCUT2D eigenvalue weighted by Gasteiger charge is 2.27. The lowest BCUT2D eigenvalue weighted by Crippen LogP contribution is -2.39. The lowest BCUT2D eigenvalue weighted by atomic mass is 10.1. The number of ether oxygens (including phenoxy) is 1. The minimum atomic E-state index is -0.267. The third-order valence-electron chi connectivity index (χ3n) is 3.19. The Kier molecular flexibility index (Phi) is 4.37. The Labute approximate surface area is 117 Å². The van der Waals surface area contributed by atoms with Crippen molar-refractivity contribution >= 4 is 17.5 Å². The molecule has 1 aliphatic heterocycles. The van der Waals surface area contributed by atoms with Crippen molar-refractivity contribution < 1.29 is 9.53 Å². The van der Waals surface area contributed by atoms with Gasteiger partial charge in [0.15, 0.2) is 0 Å². The van der Waals surface area contributed by atoms with Gasteiger partial charge in [0.1, 0.15) is 11.5 Å². The van der Waals surface area contributed by atoms with Gasteiger partial charge in [0.25, 0.3) is 5.91 Å². The molecule has 0 aliphatic carbocycles. The van der Waals surface area contributed by atoms with Crippen molar-refractivity contribution in [3.63, 3.8) is 0 Å². The van der Waals surface area contributed by atoms with E-state index in [1.54, 1.807) is 0 Å². The van der Waals surface area contributed by atoms with Crippen molar-refractivity contribution in [1.82, 2.24) is 15.3 Å². The zero-order valence-corrected chi connectivity index (χ0v) is 12.1. The molecule has 1 aliphatic rings. The minimum absolute atomic E-state index is 0.0148. The molecule has 5 nitrogen and oxygen atoms in total. The molecule has 2 heterocycles. The van der Waals surface area contributed by atoms with E-state index >= 15 is 0 Å². The molecule has 0 saturated carbocycles. The molecule has 1 saturated heterocycles. The Hall–Kier alpha value is -1.20. The zero-order chi connectivity index (χ0) is 14.0. The molecule has 1 N–H and O–H groups in total. The molecule has 1 aromatic rings. The highest BCUT2D eigenvalue weighted by molar-refractivity contribution is 6.33. The maximum absolute atomic E-state index is 12.2. The SMILES string of the molecule is CC(C)c1ncc(Cl)c(C(=O)NC2CCOC2C)n1. The van der Waals surface area contributed by atoms with Gasteiger partial charge in [-0.05, 0) is 13.3 Å². The first-order valence-electron chi connectivity index (χ1n) is 6.44. The van der Waals surface area contributed by atoms with Crippen molar-refractivity contribution in [2.75, 3.05) is 6.61 Å². The summed E-state index contributed by atoms with van der Waals surface area (Å²) in [6, 6.07) is 0.0148. The smallest absolute Gasteiger partial charge is 0.271 e. The van der Waals surface area contributed by atoms with Gasteiger partial charge >= 0.3 is 0 Å². The standard InChI is InChI=1S/C13H18ClN3O2/c1-7(2)12-15-6-9(14)11(17-12)13(18)16-10-4-5-19-8(10)3/h6-8,10H,4-5H2,1-3H3,(H,16,18). The van der Waals surface area contributed by atoms with E-state index in [0.29, 0.717) is 12.4 Å². The van der Waals surface area contributed by atoms with Crippen LogP contribution < -0.4 is 5.32 Å². The summed E-state index contributed by atoms with van der Waals surface area (Å²) in [5.74, 6) is 0.500. The van der Waals surface area contributed by atoms with Gasteiger partial charge in [-0.3, -0.25) is 4.79 Å². The molecule has 6 heteroatoms. The first-order valence-corrected chi connectivity index (χ1v) is 6.81. The summed E-state index contributed by atoms with van der Waals surface area (Å²) in [5.41, 5.74) is 0.236. The van der Waals surface area contributed by atoms with Gasteiger partial charge < -0.3 is 10.1 Å². The summed E-state index contributed by atoms with van der Waals surface area (Å²) in [7, 11) is 0. The van der Waals surface area contributed by atoms with Crippen LogP contribution in [0.2, 0.25) is 5.02 Å². The third kappa shape index (κ3) is 3.22. The number of hydrogen-bond donors (Lipinski definition) is 1. The molecule has 104 valence electrons. The quantitative estimate of drug-likeness (QED) is 0.923. The van der Waals surface area contributed by atoms with Crippen molar-refractivity contribution in [2.45, 2.75) is 45.3 Å². The number of carbonyl (C=O) groups excluding carboxylic acids is 1. The van der Waals surface area contributed by atoms with E-state index in [4.69, 9.17) is 16.3 Å². The minimum Gasteiger partial charge on any atom is -0.376 e. The fourth-order valence-electron chi connectivity index (χ4n) is 1.98. The van der Waals surface area contributed by atoms with Gasteiger partial charge in [-0.25, -0.2) is 9.97 Å². The van der Waals surface area contributed by atoms with Gasteiger partial charge in [0.2, 0.25) is 0 Å². The molecule has 1 amide bonds. The fourth-order valence-corrected chi connectivity index (χ4v) is 2.15. The summed E-state index contributed by atoms with van der Waals surface area (Å²) in [5, 5.41) is 3.18. The van der Waals surface area contributed by atoms with Gasteiger partial charge in [0, 0.05) is 12.5 Å². The van der Waals surface area contributed by atoms with Crippen LogP contribution in [0, 0.1) is 0 Å². The molecule has 2 rings (SSSR count). The molecule has 0 radical (unpaired) electrons. The number of rotatable bonds is 3. The summed E-state index contributed by atoms with van der Waals surface area (Å²) in [6.45, 7) is 6.55. The van der Waals surface area contributed by atoms with Crippen LogP contribution in [-0.2, 0) is 4.74 Å². The van der Waals surface area contributed by atoms with Crippen molar-refractivity contribution in [2.24, 2.45) is 0 Å². The van der Waals surface area contributed by atoms with Crippen molar-refractivity contribution in [3.05, 3.63) is 22.7 Å². The average molecular weight is 284 g/mol. The molecule has 1 fully saturated rings. The molecule has 19 heavy (non-hydrogen) atoms. The van der Waals surface area contributed by atoms with E-state index in [9.17, 15) is 4.79 Å². The van der Waals surface area contributed by atoms with E-state index in [2.05, 4.69) is 15.3 Å². The molecule has 2 unspecified atom stereocenters. The van der Waals surface area contributed by atoms with Crippen LogP contribution in [0.3, 0.4) is 0 Å². The van der Waals surface area contributed by atoms with Crippen molar-refractivity contribution in [1.29, 1.82) is 0 Å². The average Bonchev–Trinajstić information content (AvgIpc) is 2.75. The van der Waals surface area contributed by atoms with Crippen LogP contribution in [0.1, 0.15) is 49.4 Å². The number of amides is 1. The topological polar surface area (TPSA) is 64.1 Å². The highest BCUT2D eigenvalue weighted by atomic mass is 35.5. The zero-order valence-electron chi connectivity index (χ0n) is 11.3. The Morgan fingerprint density at radius 2 is 2.32 bits per heavy atom. The van der Waals surface area contributed by atoms with Crippen LogP contribution in [0.15, 0.2) is 6.20 Å². The van der Waals surface area contributed by atoms with Gasteiger partial charge in [-0.2, -0.15) is 0 Å². The number of hydrogen-bond acceptors (Lipinski definition) is 4. The molecule has 0 spiro atoms. The molecule has 1 aromatic heterocycles. The van der Waals surface area contributed by atoms with Crippen LogP contribution in [0.4, 0.5) is 0 Å². The van der Waals surface area contributed by atoms with Crippen LogP contribution in [-0.4, -0.2) is 34.6 Å². The van der Waals surface area contributed by atoms with E-state index < -0.39 is 0 Å². The number of nitrogens with one attached hydrogen (secondary N) is 1. The van der Waals surface area contributed by atoms with Crippen LogP contribution in [0.25, 0.3) is 0 Å². The Bertz CT molecular complexity index is 479. The maximum atomic E-state index is 12.2. The Morgan fingerprint density at radius 3 is 2.89 bits per heavy atom. The third-order valence-corrected chi connectivity index (χ3v) is 3.46.